The fraction of sp³-hybridized carbons (Fsp3) is 0.111. The monoisotopic (exact) mass is 341 g/mol. The maximum atomic E-state index is 13.5. The molecule has 0 radical (unpaired) electrons. The fourth-order valence-electron chi connectivity index (χ4n) is 1.97. The van der Waals surface area contributed by atoms with Gasteiger partial charge in [-0.15, -0.1) is 0 Å². The van der Waals surface area contributed by atoms with Crippen molar-refractivity contribution in [3.05, 3.63) is 81.7 Å². The van der Waals surface area contributed by atoms with E-state index < -0.39 is 4.92 Å². The van der Waals surface area contributed by atoms with Gasteiger partial charge in [0.2, 0.25) is 5.91 Å². The number of hydrazone groups is 1. The van der Waals surface area contributed by atoms with Crippen LogP contribution >= 0.6 is 0 Å². The van der Waals surface area contributed by atoms with Crippen molar-refractivity contribution in [2.45, 2.75) is 13.3 Å². The Balaban J connectivity index is 1.90. The predicted octanol–water partition coefficient (Wildman–Crippen LogP) is 3.48. The van der Waals surface area contributed by atoms with E-state index in [9.17, 15) is 19.3 Å². The van der Waals surface area contributed by atoms with Crippen LogP contribution in [0.4, 0.5) is 10.1 Å². The zero-order valence-electron chi connectivity index (χ0n) is 13.5. The van der Waals surface area contributed by atoms with Crippen molar-refractivity contribution in [1.82, 2.24) is 5.43 Å². The number of nitro groups is 1. The zero-order chi connectivity index (χ0) is 18.2. The van der Waals surface area contributed by atoms with Gasteiger partial charge in [0.15, 0.2) is 0 Å². The predicted molar refractivity (Wildman–Crippen MR) is 93.5 cm³/mol. The molecule has 0 aromatic heterocycles. The minimum atomic E-state index is -0.501. The van der Waals surface area contributed by atoms with E-state index in [0.717, 1.165) is 0 Å². The maximum Gasteiger partial charge on any atom is 0.269 e. The van der Waals surface area contributed by atoms with Crippen LogP contribution in [0.2, 0.25) is 0 Å². The van der Waals surface area contributed by atoms with E-state index in [2.05, 4.69) is 10.5 Å². The minimum Gasteiger partial charge on any atom is -0.273 e. The van der Waals surface area contributed by atoms with E-state index in [1.807, 2.05) is 0 Å². The second-order valence-corrected chi connectivity index (χ2v) is 5.24. The van der Waals surface area contributed by atoms with Gasteiger partial charge in [-0.2, -0.15) is 5.10 Å². The number of hydrogen-bond acceptors (Lipinski definition) is 4. The van der Waals surface area contributed by atoms with Gasteiger partial charge in [0, 0.05) is 17.7 Å². The molecule has 2 aromatic carbocycles. The number of allylic oxidation sites excluding steroid dienone is 1. The van der Waals surface area contributed by atoms with Crippen LogP contribution in [0.3, 0.4) is 0 Å². The molecule has 0 spiro atoms. The molecule has 0 aliphatic carbocycles. The first-order chi connectivity index (χ1) is 12.0. The Kier molecular flexibility index (Phi) is 6.11. The first-order valence-electron chi connectivity index (χ1n) is 7.45. The smallest absolute Gasteiger partial charge is 0.269 e. The lowest BCUT2D eigenvalue weighted by atomic mass is 10.1. The number of nitro benzene ring substituents is 1. The SMILES string of the molecule is CC(/C=C/c1ccccc1F)=NNC(=O)Cc1ccc([N+](=O)[O-])cc1. The molecule has 7 heteroatoms. The fourth-order valence-corrected chi connectivity index (χ4v) is 1.97. The Morgan fingerprint density at radius 3 is 2.56 bits per heavy atom. The number of hydrogen-bond donors (Lipinski definition) is 1. The summed E-state index contributed by atoms with van der Waals surface area (Å²) in [6, 6.07) is 12.0. The number of halogens is 1. The number of nitrogens with one attached hydrogen (secondary N) is 1. The quantitative estimate of drug-likeness (QED) is 0.496. The molecule has 0 aliphatic rings. The highest BCUT2D eigenvalue weighted by Gasteiger charge is 2.06. The third-order valence-electron chi connectivity index (χ3n) is 3.28. The summed E-state index contributed by atoms with van der Waals surface area (Å²) in [6.45, 7) is 1.67. The van der Waals surface area contributed by atoms with Gasteiger partial charge in [-0.1, -0.05) is 36.4 Å². The Labute approximate surface area is 143 Å². The lowest BCUT2D eigenvalue weighted by Crippen LogP contribution is -2.20. The lowest BCUT2D eigenvalue weighted by molar-refractivity contribution is -0.384. The first-order valence-corrected chi connectivity index (χ1v) is 7.45. The van der Waals surface area contributed by atoms with Crippen LogP contribution in [-0.2, 0) is 11.2 Å². The Morgan fingerprint density at radius 2 is 1.92 bits per heavy atom. The second kappa shape index (κ2) is 8.49. The van der Waals surface area contributed by atoms with E-state index in [4.69, 9.17) is 0 Å². The van der Waals surface area contributed by atoms with Gasteiger partial charge in [0.1, 0.15) is 5.82 Å². The van der Waals surface area contributed by atoms with Gasteiger partial charge in [-0.25, -0.2) is 9.82 Å². The summed E-state index contributed by atoms with van der Waals surface area (Å²) in [5.41, 5.74) is 3.92. The number of benzene rings is 2. The van der Waals surface area contributed by atoms with Gasteiger partial charge >= 0.3 is 0 Å². The third-order valence-corrected chi connectivity index (χ3v) is 3.28. The Bertz CT molecular complexity index is 830. The van der Waals surface area contributed by atoms with Gasteiger partial charge < -0.3 is 0 Å². The molecule has 0 heterocycles. The molecule has 2 rings (SSSR count). The normalized spacial score (nSPS) is 11.5. The van der Waals surface area contributed by atoms with Gasteiger partial charge in [0.05, 0.1) is 17.1 Å². The number of amides is 1. The van der Waals surface area contributed by atoms with Crippen LogP contribution in [0.5, 0.6) is 0 Å². The second-order valence-electron chi connectivity index (χ2n) is 5.24. The number of carbonyl (C=O) groups is 1. The van der Waals surface area contributed by atoms with Crippen molar-refractivity contribution in [3.63, 3.8) is 0 Å². The van der Waals surface area contributed by atoms with Crippen LogP contribution in [0.15, 0.2) is 59.7 Å². The van der Waals surface area contributed by atoms with Crippen molar-refractivity contribution in [2.24, 2.45) is 5.10 Å². The summed E-state index contributed by atoms with van der Waals surface area (Å²) in [5, 5.41) is 14.5. The summed E-state index contributed by atoms with van der Waals surface area (Å²) < 4.78 is 13.5. The Morgan fingerprint density at radius 1 is 1.24 bits per heavy atom. The van der Waals surface area contributed by atoms with Crippen molar-refractivity contribution in [3.8, 4) is 0 Å². The van der Waals surface area contributed by atoms with Crippen LogP contribution < -0.4 is 5.43 Å². The van der Waals surface area contributed by atoms with Crippen LogP contribution in [0.25, 0.3) is 6.08 Å². The molecule has 0 saturated heterocycles. The number of carbonyl (C=O) groups excluding carboxylic acids is 1. The van der Waals surface area contributed by atoms with E-state index >= 15 is 0 Å². The molecule has 0 bridgehead atoms. The minimum absolute atomic E-state index is 0.0312. The summed E-state index contributed by atoms with van der Waals surface area (Å²) in [7, 11) is 0. The molecule has 25 heavy (non-hydrogen) atoms. The first kappa shape index (κ1) is 18.0. The van der Waals surface area contributed by atoms with Crippen LogP contribution in [0.1, 0.15) is 18.1 Å². The molecular weight excluding hydrogens is 325 g/mol. The molecule has 1 N–H and O–H groups in total. The molecule has 2 aromatic rings. The van der Waals surface area contributed by atoms with E-state index in [1.54, 1.807) is 37.3 Å². The number of rotatable bonds is 6. The summed E-state index contributed by atoms with van der Waals surface area (Å²) in [4.78, 5) is 21.9. The highest BCUT2D eigenvalue weighted by molar-refractivity contribution is 5.97. The molecule has 0 unspecified atom stereocenters. The topological polar surface area (TPSA) is 84.6 Å². The summed E-state index contributed by atoms with van der Waals surface area (Å²) in [6.07, 6.45) is 3.20. The molecule has 1 amide bonds. The molecule has 0 fully saturated rings. The third kappa shape index (κ3) is 5.65. The van der Waals surface area contributed by atoms with Gasteiger partial charge in [0.25, 0.3) is 5.69 Å². The molecule has 0 atom stereocenters. The molecule has 128 valence electrons. The maximum absolute atomic E-state index is 13.5. The highest BCUT2D eigenvalue weighted by atomic mass is 19.1. The van der Waals surface area contributed by atoms with Crippen molar-refractivity contribution >= 4 is 23.4 Å². The number of nitrogens with zero attached hydrogens (tertiary/aromatic N) is 2. The molecule has 6 nitrogen and oxygen atoms in total. The average molecular weight is 341 g/mol. The molecule has 0 saturated carbocycles. The average Bonchev–Trinajstić information content (AvgIpc) is 2.59. The summed E-state index contributed by atoms with van der Waals surface area (Å²) >= 11 is 0. The molecule has 0 aliphatic heterocycles. The zero-order valence-corrected chi connectivity index (χ0v) is 13.5. The van der Waals surface area contributed by atoms with E-state index in [-0.39, 0.29) is 23.8 Å². The van der Waals surface area contributed by atoms with Gasteiger partial charge in [-0.3, -0.25) is 14.9 Å². The molecular formula is C18H16FN3O3. The Hall–Kier alpha value is -3.35. The van der Waals surface area contributed by atoms with Crippen LogP contribution in [0, 0.1) is 15.9 Å². The number of non-ortho nitro benzene ring substituents is 1. The van der Waals surface area contributed by atoms with Crippen LogP contribution in [-0.4, -0.2) is 16.5 Å². The summed E-state index contributed by atoms with van der Waals surface area (Å²) in [5.74, 6) is -0.693. The highest BCUT2D eigenvalue weighted by Crippen LogP contribution is 2.12. The van der Waals surface area contributed by atoms with E-state index in [1.165, 1.54) is 30.3 Å². The van der Waals surface area contributed by atoms with Crippen molar-refractivity contribution in [1.29, 1.82) is 0 Å². The van der Waals surface area contributed by atoms with Crippen molar-refractivity contribution in [2.75, 3.05) is 0 Å². The largest absolute Gasteiger partial charge is 0.273 e. The standard InChI is InChI=1S/C18H16FN3O3/c1-13(6-9-15-4-2-3-5-17(15)19)20-21-18(23)12-14-7-10-16(11-8-14)22(24)25/h2-11H,12H2,1H3,(H,21,23)/b9-6+,20-13?. The van der Waals surface area contributed by atoms with Crippen molar-refractivity contribution < 1.29 is 14.1 Å². The van der Waals surface area contributed by atoms with Gasteiger partial charge in [-0.05, 0) is 24.6 Å². The van der Waals surface area contributed by atoms with E-state index in [0.29, 0.717) is 16.8 Å². The lowest BCUT2D eigenvalue weighted by Gasteiger charge is -2.01.